The van der Waals surface area contributed by atoms with E-state index in [0.717, 1.165) is 36.8 Å². The highest BCUT2D eigenvalue weighted by Crippen LogP contribution is 2.35. The summed E-state index contributed by atoms with van der Waals surface area (Å²) in [5.74, 6) is -0.224. The summed E-state index contributed by atoms with van der Waals surface area (Å²) >= 11 is 0. The first-order chi connectivity index (χ1) is 12.7. The maximum atomic E-state index is 13.0. The van der Waals surface area contributed by atoms with Crippen molar-refractivity contribution in [3.8, 4) is 0 Å². The monoisotopic (exact) mass is 352 g/mol. The first-order valence-corrected chi connectivity index (χ1v) is 9.55. The Kier molecular flexibility index (Phi) is 6.40. The van der Waals surface area contributed by atoms with Gasteiger partial charge in [0, 0.05) is 24.4 Å². The van der Waals surface area contributed by atoms with Crippen LogP contribution in [-0.2, 0) is 11.2 Å². The lowest BCUT2D eigenvalue weighted by atomic mass is 9.74. The van der Waals surface area contributed by atoms with E-state index < -0.39 is 0 Å². The minimum atomic E-state index is -0.250. The second kappa shape index (κ2) is 8.95. The van der Waals surface area contributed by atoms with Gasteiger partial charge in [-0.3, -0.25) is 9.78 Å². The summed E-state index contributed by atoms with van der Waals surface area (Å²) in [6, 6.07) is 13.8. The molecule has 138 valence electrons. The standard InChI is InChI=1S/C22H28N2O2/c25-17-22(11-5-2-6-12-22)16-24-21(26)20(19-9-3-1-4-10-19)14-18-8-7-13-23-15-18/h1,3-4,7-10,13,15,20,25H,2,5-6,11-12,14,16-17H2,(H,24,26). The molecular weight excluding hydrogens is 324 g/mol. The second-order valence-corrected chi connectivity index (χ2v) is 7.47. The van der Waals surface area contributed by atoms with Gasteiger partial charge in [-0.1, -0.05) is 55.7 Å². The van der Waals surface area contributed by atoms with Crippen LogP contribution in [-0.4, -0.2) is 29.1 Å². The molecule has 1 aliphatic rings. The van der Waals surface area contributed by atoms with Gasteiger partial charge in [-0.2, -0.15) is 0 Å². The highest BCUT2D eigenvalue weighted by atomic mass is 16.3. The molecule has 0 radical (unpaired) electrons. The number of nitrogens with one attached hydrogen (secondary N) is 1. The van der Waals surface area contributed by atoms with Crippen LogP contribution in [0.5, 0.6) is 0 Å². The molecule has 1 aromatic heterocycles. The quantitative estimate of drug-likeness (QED) is 0.802. The molecular formula is C22H28N2O2. The van der Waals surface area contributed by atoms with E-state index in [1.54, 1.807) is 6.20 Å². The van der Waals surface area contributed by atoms with E-state index in [1.165, 1.54) is 6.42 Å². The largest absolute Gasteiger partial charge is 0.396 e. The Morgan fingerprint density at radius 3 is 2.54 bits per heavy atom. The number of carbonyl (C=O) groups is 1. The summed E-state index contributed by atoms with van der Waals surface area (Å²) in [6.45, 7) is 0.699. The molecule has 1 heterocycles. The molecule has 3 rings (SSSR count). The molecule has 1 atom stereocenters. The number of pyridine rings is 1. The van der Waals surface area contributed by atoms with E-state index in [0.29, 0.717) is 13.0 Å². The zero-order valence-corrected chi connectivity index (χ0v) is 15.2. The fourth-order valence-electron chi connectivity index (χ4n) is 3.89. The van der Waals surface area contributed by atoms with Gasteiger partial charge in [0.1, 0.15) is 0 Å². The smallest absolute Gasteiger partial charge is 0.227 e. The normalized spacial score (nSPS) is 17.4. The fourth-order valence-corrected chi connectivity index (χ4v) is 3.89. The number of aromatic nitrogens is 1. The maximum absolute atomic E-state index is 13.0. The summed E-state index contributed by atoms with van der Waals surface area (Å²) in [6.07, 6.45) is 9.65. The zero-order valence-electron chi connectivity index (χ0n) is 15.2. The molecule has 1 aliphatic carbocycles. The Balaban J connectivity index is 1.72. The molecule has 1 aromatic carbocycles. The summed E-state index contributed by atoms with van der Waals surface area (Å²) in [4.78, 5) is 17.2. The lowest BCUT2D eigenvalue weighted by Gasteiger charge is -2.36. The third-order valence-electron chi connectivity index (χ3n) is 5.57. The first-order valence-electron chi connectivity index (χ1n) is 9.55. The van der Waals surface area contributed by atoms with Gasteiger partial charge >= 0.3 is 0 Å². The van der Waals surface area contributed by atoms with Gasteiger partial charge in [0.25, 0.3) is 0 Å². The molecule has 26 heavy (non-hydrogen) atoms. The van der Waals surface area contributed by atoms with Crippen molar-refractivity contribution in [2.75, 3.05) is 13.2 Å². The number of hydrogen-bond acceptors (Lipinski definition) is 3. The number of carbonyl (C=O) groups excluding carboxylic acids is 1. The summed E-state index contributed by atoms with van der Waals surface area (Å²) < 4.78 is 0. The number of aliphatic hydroxyl groups excluding tert-OH is 1. The molecule has 2 N–H and O–H groups in total. The molecule has 0 saturated heterocycles. The predicted octanol–water partition coefficient (Wildman–Crippen LogP) is 3.47. The molecule has 0 spiro atoms. The molecule has 1 saturated carbocycles. The average Bonchev–Trinajstić information content (AvgIpc) is 2.72. The van der Waals surface area contributed by atoms with Crippen LogP contribution in [0, 0.1) is 5.41 Å². The highest BCUT2D eigenvalue weighted by Gasteiger charge is 2.32. The van der Waals surface area contributed by atoms with Crippen molar-refractivity contribution in [3.63, 3.8) is 0 Å². The SMILES string of the molecule is O=C(NCC1(CO)CCCCC1)C(Cc1cccnc1)c1ccccc1. The van der Waals surface area contributed by atoms with Crippen LogP contribution in [0.2, 0.25) is 0 Å². The number of hydrogen-bond donors (Lipinski definition) is 2. The van der Waals surface area contributed by atoms with Crippen LogP contribution in [0.25, 0.3) is 0 Å². The van der Waals surface area contributed by atoms with Crippen LogP contribution in [0.4, 0.5) is 0 Å². The van der Waals surface area contributed by atoms with E-state index in [1.807, 2.05) is 48.7 Å². The minimum absolute atomic E-state index is 0.0263. The van der Waals surface area contributed by atoms with Gasteiger partial charge in [0.05, 0.1) is 12.5 Å². The summed E-state index contributed by atoms with van der Waals surface area (Å²) in [5, 5.41) is 13.0. The lowest BCUT2D eigenvalue weighted by Crippen LogP contribution is -2.43. The van der Waals surface area contributed by atoms with Crippen molar-refractivity contribution in [2.45, 2.75) is 44.4 Å². The maximum Gasteiger partial charge on any atom is 0.227 e. The summed E-state index contributed by atoms with van der Waals surface area (Å²) in [5.41, 5.74) is 1.91. The van der Waals surface area contributed by atoms with Crippen molar-refractivity contribution >= 4 is 5.91 Å². The van der Waals surface area contributed by atoms with Crippen LogP contribution < -0.4 is 5.32 Å². The molecule has 0 bridgehead atoms. The molecule has 1 amide bonds. The van der Waals surface area contributed by atoms with Crippen molar-refractivity contribution < 1.29 is 9.90 Å². The second-order valence-electron chi connectivity index (χ2n) is 7.47. The van der Waals surface area contributed by atoms with Crippen LogP contribution >= 0.6 is 0 Å². The topological polar surface area (TPSA) is 62.2 Å². The Bertz CT molecular complexity index is 682. The first kappa shape index (κ1) is 18.6. The Morgan fingerprint density at radius 2 is 1.88 bits per heavy atom. The number of aliphatic hydroxyl groups is 1. The Labute approximate surface area is 155 Å². The summed E-state index contributed by atoms with van der Waals surface area (Å²) in [7, 11) is 0. The third kappa shape index (κ3) is 4.70. The zero-order chi connectivity index (χ0) is 18.2. The average molecular weight is 352 g/mol. The van der Waals surface area contributed by atoms with Gasteiger partial charge in [-0.15, -0.1) is 0 Å². The number of rotatable bonds is 7. The lowest BCUT2D eigenvalue weighted by molar-refractivity contribution is -0.123. The van der Waals surface area contributed by atoms with E-state index in [-0.39, 0.29) is 23.8 Å². The molecule has 4 nitrogen and oxygen atoms in total. The minimum Gasteiger partial charge on any atom is -0.396 e. The van der Waals surface area contributed by atoms with Crippen LogP contribution in [0.15, 0.2) is 54.9 Å². The van der Waals surface area contributed by atoms with Gasteiger partial charge in [-0.05, 0) is 36.5 Å². The predicted molar refractivity (Wildman–Crippen MR) is 103 cm³/mol. The van der Waals surface area contributed by atoms with Crippen molar-refractivity contribution in [2.24, 2.45) is 5.41 Å². The number of benzene rings is 1. The van der Waals surface area contributed by atoms with Gasteiger partial charge in [0.2, 0.25) is 5.91 Å². The van der Waals surface area contributed by atoms with Crippen molar-refractivity contribution in [1.29, 1.82) is 0 Å². The number of amides is 1. The molecule has 4 heteroatoms. The van der Waals surface area contributed by atoms with Gasteiger partial charge in [-0.25, -0.2) is 0 Å². The third-order valence-corrected chi connectivity index (χ3v) is 5.57. The van der Waals surface area contributed by atoms with Gasteiger partial charge in [0.15, 0.2) is 0 Å². The molecule has 2 aromatic rings. The van der Waals surface area contributed by atoms with E-state index in [4.69, 9.17) is 0 Å². The highest BCUT2D eigenvalue weighted by molar-refractivity contribution is 5.84. The Hall–Kier alpha value is -2.20. The van der Waals surface area contributed by atoms with Gasteiger partial charge < -0.3 is 10.4 Å². The molecule has 0 aliphatic heterocycles. The fraction of sp³-hybridized carbons (Fsp3) is 0.455. The molecule has 1 unspecified atom stereocenters. The van der Waals surface area contributed by atoms with E-state index in [2.05, 4.69) is 10.3 Å². The Morgan fingerprint density at radius 1 is 1.12 bits per heavy atom. The van der Waals surface area contributed by atoms with E-state index in [9.17, 15) is 9.90 Å². The van der Waals surface area contributed by atoms with Crippen LogP contribution in [0.1, 0.15) is 49.1 Å². The number of nitrogens with zero attached hydrogens (tertiary/aromatic N) is 1. The van der Waals surface area contributed by atoms with Crippen molar-refractivity contribution in [1.82, 2.24) is 10.3 Å². The molecule has 1 fully saturated rings. The van der Waals surface area contributed by atoms with E-state index >= 15 is 0 Å². The van der Waals surface area contributed by atoms with Crippen molar-refractivity contribution in [3.05, 3.63) is 66.0 Å². The van der Waals surface area contributed by atoms with Crippen LogP contribution in [0.3, 0.4) is 0 Å².